The molecular weight excluding hydrogens is 374 g/mol. The van der Waals surface area contributed by atoms with Crippen molar-refractivity contribution in [2.45, 2.75) is 27.3 Å². The van der Waals surface area contributed by atoms with Crippen LogP contribution in [0.3, 0.4) is 0 Å². The molecule has 0 aliphatic rings. The van der Waals surface area contributed by atoms with Gasteiger partial charge < -0.3 is 4.90 Å². The standard InChI is InChI=1S/C22H22ClN3O2/c1-14-7-5-10-19(11-14)25(4)20(27)13-26-21(17-8-6-9-18(23)12-17)24-16(3)15(2)22(26)28/h5-12H,13H2,1-4H3. The average Bonchev–Trinajstić information content (AvgIpc) is 2.67. The minimum atomic E-state index is -0.228. The summed E-state index contributed by atoms with van der Waals surface area (Å²) in [4.78, 5) is 32.0. The van der Waals surface area contributed by atoms with Crippen LogP contribution in [0.2, 0.25) is 5.02 Å². The second-order valence-electron chi connectivity index (χ2n) is 6.84. The van der Waals surface area contributed by atoms with Crippen molar-refractivity contribution in [2.75, 3.05) is 11.9 Å². The average molecular weight is 396 g/mol. The predicted octanol–water partition coefficient (Wildman–Crippen LogP) is 4.15. The van der Waals surface area contributed by atoms with Gasteiger partial charge in [0.15, 0.2) is 0 Å². The van der Waals surface area contributed by atoms with Gasteiger partial charge in [-0.15, -0.1) is 0 Å². The first-order chi connectivity index (χ1) is 13.3. The highest BCUT2D eigenvalue weighted by atomic mass is 35.5. The number of halogens is 1. The molecule has 0 fully saturated rings. The molecule has 0 bridgehead atoms. The lowest BCUT2D eigenvalue weighted by Crippen LogP contribution is -2.36. The molecule has 0 saturated carbocycles. The number of hydrogen-bond donors (Lipinski definition) is 0. The smallest absolute Gasteiger partial charge is 0.257 e. The minimum absolute atomic E-state index is 0.112. The zero-order valence-corrected chi connectivity index (χ0v) is 17.1. The largest absolute Gasteiger partial charge is 0.314 e. The third-order valence-corrected chi connectivity index (χ3v) is 5.01. The summed E-state index contributed by atoms with van der Waals surface area (Å²) in [5.41, 5.74) is 3.46. The van der Waals surface area contributed by atoms with Crippen LogP contribution >= 0.6 is 11.6 Å². The molecule has 0 unspecified atom stereocenters. The monoisotopic (exact) mass is 395 g/mol. The quantitative estimate of drug-likeness (QED) is 0.666. The van der Waals surface area contributed by atoms with Gasteiger partial charge in [0.1, 0.15) is 12.4 Å². The molecular formula is C22H22ClN3O2. The summed E-state index contributed by atoms with van der Waals surface area (Å²) in [7, 11) is 1.70. The number of amides is 1. The first kappa shape index (κ1) is 19.8. The van der Waals surface area contributed by atoms with Crippen LogP contribution in [0.25, 0.3) is 11.4 Å². The Kier molecular flexibility index (Phi) is 5.66. The topological polar surface area (TPSA) is 55.2 Å². The second-order valence-corrected chi connectivity index (χ2v) is 7.28. The van der Waals surface area contributed by atoms with Gasteiger partial charge in [0.05, 0.1) is 0 Å². The van der Waals surface area contributed by atoms with Gasteiger partial charge in [-0.25, -0.2) is 4.98 Å². The Hall–Kier alpha value is -2.92. The van der Waals surface area contributed by atoms with Crippen molar-refractivity contribution in [3.63, 3.8) is 0 Å². The lowest BCUT2D eigenvalue weighted by molar-refractivity contribution is -0.118. The Bertz CT molecular complexity index is 1110. The highest BCUT2D eigenvalue weighted by Gasteiger charge is 2.19. The number of anilines is 1. The van der Waals surface area contributed by atoms with Crippen molar-refractivity contribution < 1.29 is 4.79 Å². The van der Waals surface area contributed by atoms with Crippen LogP contribution in [0.15, 0.2) is 53.3 Å². The maximum Gasteiger partial charge on any atom is 0.257 e. The van der Waals surface area contributed by atoms with Crippen molar-refractivity contribution >= 4 is 23.2 Å². The SMILES string of the molecule is Cc1cccc(N(C)C(=O)Cn2c(-c3cccc(Cl)c3)nc(C)c(C)c2=O)c1. The van der Waals surface area contributed by atoms with Gasteiger partial charge in [0, 0.05) is 34.6 Å². The maximum atomic E-state index is 12.9. The molecule has 0 N–H and O–H groups in total. The Labute approximate surface area is 169 Å². The van der Waals surface area contributed by atoms with Crippen LogP contribution in [0, 0.1) is 20.8 Å². The number of rotatable bonds is 4. The van der Waals surface area contributed by atoms with E-state index in [1.165, 1.54) is 4.57 Å². The van der Waals surface area contributed by atoms with E-state index in [0.717, 1.165) is 11.3 Å². The molecule has 0 radical (unpaired) electrons. The van der Waals surface area contributed by atoms with Crippen molar-refractivity contribution in [2.24, 2.45) is 0 Å². The van der Waals surface area contributed by atoms with Gasteiger partial charge in [0.25, 0.3) is 5.56 Å². The number of likely N-dealkylation sites (N-methyl/N-ethyl adjacent to an activating group) is 1. The molecule has 0 atom stereocenters. The van der Waals surface area contributed by atoms with Gasteiger partial charge in [-0.05, 0) is 50.6 Å². The molecule has 1 amide bonds. The molecule has 28 heavy (non-hydrogen) atoms. The number of nitrogens with zero attached hydrogens (tertiary/aromatic N) is 3. The van der Waals surface area contributed by atoms with E-state index in [1.54, 1.807) is 44.0 Å². The van der Waals surface area contributed by atoms with Crippen LogP contribution < -0.4 is 10.5 Å². The normalized spacial score (nSPS) is 10.8. The van der Waals surface area contributed by atoms with E-state index in [2.05, 4.69) is 4.98 Å². The van der Waals surface area contributed by atoms with E-state index < -0.39 is 0 Å². The summed E-state index contributed by atoms with van der Waals surface area (Å²) in [6.45, 7) is 5.36. The van der Waals surface area contributed by atoms with Gasteiger partial charge in [-0.3, -0.25) is 14.2 Å². The molecule has 3 aromatic rings. The first-order valence-electron chi connectivity index (χ1n) is 8.95. The van der Waals surface area contributed by atoms with Gasteiger partial charge in [-0.2, -0.15) is 0 Å². The van der Waals surface area contributed by atoms with Crippen LogP contribution in [-0.2, 0) is 11.3 Å². The Morgan fingerprint density at radius 1 is 1.11 bits per heavy atom. The van der Waals surface area contributed by atoms with Crippen LogP contribution in [0.1, 0.15) is 16.8 Å². The highest BCUT2D eigenvalue weighted by molar-refractivity contribution is 6.30. The van der Waals surface area contributed by atoms with Crippen LogP contribution in [-0.4, -0.2) is 22.5 Å². The van der Waals surface area contributed by atoms with Crippen molar-refractivity contribution in [1.82, 2.24) is 9.55 Å². The van der Waals surface area contributed by atoms with Crippen molar-refractivity contribution in [3.8, 4) is 11.4 Å². The number of aromatic nitrogens is 2. The van der Waals surface area contributed by atoms with Gasteiger partial charge in [-0.1, -0.05) is 35.9 Å². The van der Waals surface area contributed by atoms with E-state index in [9.17, 15) is 9.59 Å². The third kappa shape index (κ3) is 3.99. The van der Waals surface area contributed by atoms with E-state index in [-0.39, 0.29) is 18.0 Å². The van der Waals surface area contributed by atoms with E-state index in [0.29, 0.717) is 27.7 Å². The summed E-state index contributed by atoms with van der Waals surface area (Å²) in [6, 6.07) is 14.8. The predicted molar refractivity (Wildman–Crippen MR) is 113 cm³/mol. The molecule has 2 aromatic carbocycles. The summed E-state index contributed by atoms with van der Waals surface area (Å²) in [5.74, 6) is 0.225. The summed E-state index contributed by atoms with van der Waals surface area (Å²) >= 11 is 6.12. The van der Waals surface area contributed by atoms with E-state index in [4.69, 9.17) is 11.6 Å². The molecule has 0 aliphatic carbocycles. The molecule has 0 saturated heterocycles. The third-order valence-electron chi connectivity index (χ3n) is 4.78. The maximum absolute atomic E-state index is 12.9. The molecule has 1 aromatic heterocycles. The zero-order chi connectivity index (χ0) is 20.4. The molecule has 6 heteroatoms. The minimum Gasteiger partial charge on any atom is -0.314 e. The summed E-state index contributed by atoms with van der Waals surface area (Å²) in [6.07, 6.45) is 0. The zero-order valence-electron chi connectivity index (χ0n) is 16.4. The Morgan fingerprint density at radius 3 is 2.50 bits per heavy atom. The number of benzene rings is 2. The molecule has 1 heterocycles. The molecule has 144 valence electrons. The fraction of sp³-hybridized carbons (Fsp3) is 0.227. The van der Waals surface area contributed by atoms with E-state index >= 15 is 0 Å². The number of hydrogen-bond acceptors (Lipinski definition) is 3. The summed E-state index contributed by atoms with van der Waals surface area (Å²) < 4.78 is 1.42. The summed E-state index contributed by atoms with van der Waals surface area (Å²) in [5, 5.41) is 0.541. The highest BCUT2D eigenvalue weighted by Crippen LogP contribution is 2.22. The first-order valence-corrected chi connectivity index (χ1v) is 9.33. The number of carbonyl (C=O) groups is 1. The fourth-order valence-corrected chi connectivity index (χ4v) is 3.16. The van der Waals surface area contributed by atoms with Gasteiger partial charge in [0.2, 0.25) is 5.91 Å². The number of carbonyl (C=O) groups excluding carboxylic acids is 1. The molecule has 5 nitrogen and oxygen atoms in total. The molecule has 3 rings (SSSR count). The second kappa shape index (κ2) is 7.98. The van der Waals surface area contributed by atoms with Crippen LogP contribution in [0.4, 0.5) is 5.69 Å². The Morgan fingerprint density at radius 2 is 1.82 bits per heavy atom. The van der Waals surface area contributed by atoms with Crippen molar-refractivity contribution in [1.29, 1.82) is 0 Å². The fourth-order valence-electron chi connectivity index (χ4n) is 2.97. The molecule has 0 aliphatic heterocycles. The molecule has 0 spiro atoms. The van der Waals surface area contributed by atoms with Crippen molar-refractivity contribution in [3.05, 3.63) is 80.7 Å². The lowest BCUT2D eigenvalue weighted by atomic mass is 10.1. The lowest BCUT2D eigenvalue weighted by Gasteiger charge is -2.20. The van der Waals surface area contributed by atoms with E-state index in [1.807, 2.05) is 37.3 Å². The van der Waals surface area contributed by atoms with Crippen LogP contribution in [0.5, 0.6) is 0 Å². The Balaban J connectivity index is 2.04. The number of aryl methyl sites for hydroxylation is 2. The van der Waals surface area contributed by atoms with Gasteiger partial charge >= 0.3 is 0 Å².